The van der Waals surface area contributed by atoms with E-state index >= 15 is 0 Å². The maximum Gasteiger partial charge on any atom is 0.573 e. The van der Waals surface area contributed by atoms with Gasteiger partial charge in [0.1, 0.15) is 11.3 Å². The molecule has 0 atom stereocenters. The molecule has 1 aromatic rings. The van der Waals surface area contributed by atoms with Gasteiger partial charge in [-0.15, -0.1) is 13.2 Å². The number of hydrogen-bond acceptors (Lipinski definition) is 3. The molecule has 19 heavy (non-hydrogen) atoms. The fourth-order valence-electron chi connectivity index (χ4n) is 1.20. The molecule has 0 aliphatic rings. The molecule has 4 nitrogen and oxygen atoms in total. The van der Waals surface area contributed by atoms with E-state index < -0.39 is 23.6 Å². The summed E-state index contributed by atoms with van der Waals surface area (Å²) in [5, 5.41) is 11.3. The Kier molecular flexibility index (Phi) is 4.19. The van der Waals surface area contributed by atoms with Crippen LogP contribution >= 0.6 is 11.6 Å². The van der Waals surface area contributed by atoms with E-state index in [9.17, 15) is 18.0 Å². The minimum Gasteiger partial charge on any atom is -0.480 e. The van der Waals surface area contributed by atoms with Crippen molar-refractivity contribution in [2.75, 3.05) is 5.32 Å². The second-order valence-electron chi connectivity index (χ2n) is 4.25. The predicted octanol–water partition coefficient (Wildman–Crippen LogP) is 3.51. The van der Waals surface area contributed by atoms with Gasteiger partial charge < -0.3 is 15.2 Å². The first-order valence-corrected chi connectivity index (χ1v) is 5.46. The van der Waals surface area contributed by atoms with Crippen LogP contribution in [0.2, 0.25) is 5.02 Å². The molecule has 0 aliphatic carbocycles. The number of aliphatic carboxylic acids is 1. The van der Waals surface area contributed by atoms with Gasteiger partial charge in [-0.25, -0.2) is 4.79 Å². The summed E-state index contributed by atoms with van der Waals surface area (Å²) in [6, 6.07) is 3.42. The Morgan fingerprint density at radius 2 is 1.95 bits per heavy atom. The van der Waals surface area contributed by atoms with Crippen molar-refractivity contribution in [3.63, 3.8) is 0 Å². The minimum atomic E-state index is -4.83. The van der Waals surface area contributed by atoms with Crippen molar-refractivity contribution >= 4 is 23.3 Å². The number of benzene rings is 1. The molecule has 1 rings (SSSR count). The Hall–Kier alpha value is -1.63. The number of carboxylic acid groups (broad SMARTS) is 1. The summed E-state index contributed by atoms with van der Waals surface area (Å²) in [6.07, 6.45) is -4.83. The van der Waals surface area contributed by atoms with E-state index in [1.165, 1.54) is 19.9 Å². The fraction of sp³-hybridized carbons (Fsp3) is 0.364. The molecule has 2 N–H and O–H groups in total. The third-order valence-corrected chi connectivity index (χ3v) is 2.44. The van der Waals surface area contributed by atoms with Crippen LogP contribution in [0.15, 0.2) is 18.2 Å². The van der Waals surface area contributed by atoms with Gasteiger partial charge in [-0.3, -0.25) is 0 Å². The number of hydrogen-bond donors (Lipinski definition) is 2. The molecule has 0 aliphatic heterocycles. The number of carboxylic acids is 1. The highest BCUT2D eigenvalue weighted by Gasteiger charge is 2.32. The largest absolute Gasteiger partial charge is 0.573 e. The Morgan fingerprint density at radius 3 is 2.37 bits per heavy atom. The second-order valence-corrected chi connectivity index (χ2v) is 4.66. The molecule has 8 heteroatoms. The highest BCUT2D eigenvalue weighted by molar-refractivity contribution is 6.32. The lowest BCUT2D eigenvalue weighted by Gasteiger charge is -2.22. The van der Waals surface area contributed by atoms with Crippen LogP contribution < -0.4 is 10.1 Å². The van der Waals surface area contributed by atoms with E-state index in [4.69, 9.17) is 16.7 Å². The molecule has 0 saturated carbocycles. The first-order valence-electron chi connectivity index (χ1n) is 5.08. The average Bonchev–Trinajstić information content (AvgIpc) is 2.19. The van der Waals surface area contributed by atoms with Crippen LogP contribution in [0, 0.1) is 0 Å². The quantitative estimate of drug-likeness (QED) is 0.893. The van der Waals surface area contributed by atoms with Crippen LogP contribution in [0.5, 0.6) is 5.75 Å². The lowest BCUT2D eigenvalue weighted by atomic mass is 10.1. The Labute approximate surface area is 112 Å². The Morgan fingerprint density at radius 1 is 1.37 bits per heavy atom. The van der Waals surface area contributed by atoms with Crippen molar-refractivity contribution in [1.29, 1.82) is 0 Å². The zero-order valence-corrected chi connectivity index (χ0v) is 10.8. The normalized spacial score (nSPS) is 12.1. The Balaban J connectivity index is 2.92. The lowest BCUT2D eigenvalue weighted by Crippen LogP contribution is -2.39. The van der Waals surface area contributed by atoms with Gasteiger partial charge in [-0.1, -0.05) is 11.6 Å². The van der Waals surface area contributed by atoms with E-state index in [1.54, 1.807) is 0 Å². The molecule has 1 aromatic carbocycles. The second kappa shape index (κ2) is 5.16. The number of carbonyl (C=O) groups is 1. The molecule has 0 radical (unpaired) electrons. The number of anilines is 1. The van der Waals surface area contributed by atoms with Crippen molar-refractivity contribution in [3.8, 4) is 5.75 Å². The van der Waals surface area contributed by atoms with Crippen LogP contribution in [0.1, 0.15) is 13.8 Å². The summed E-state index contributed by atoms with van der Waals surface area (Å²) in [4.78, 5) is 10.9. The molecular weight excluding hydrogens is 287 g/mol. The Bertz CT molecular complexity index is 489. The molecule has 0 spiro atoms. The third kappa shape index (κ3) is 4.51. The summed E-state index contributed by atoms with van der Waals surface area (Å²) >= 11 is 5.63. The maximum absolute atomic E-state index is 12.0. The topological polar surface area (TPSA) is 58.6 Å². The van der Waals surface area contributed by atoms with Crippen molar-refractivity contribution in [2.45, 2.75) is 25.7 Å². The average molecular weight is 298 g/mol. The number of ether oxygens (including phenoxy) is 1. The van der Waals surface area contributed by atoms with Gasteiger partial charge >= 0.3 is 12.3 Å². The smallest absolute Gasteiger partial charge is 0.480 e. The lowest BCUT2D eigenvalue weighted by molar-refractivity contribution is -0.274. The van der Waals surface area contributed by atoms with Crippen LogP contribution in [0.25, 0.3) is 0 Å². The van der Waals surface area contributed by atoms with Gasteiger partial charge in [0.25, 0.3) is 0 Å². The van der Waals surface area contributed by atoms with Crippen molar-refractivity contribution < 1.29 is 27.8 Å². The summed E-state index contributed by atoms with van der Waals surface area (Å²) in [6.45, 7) is 2.81. The van der Waals surface area contributed by atoms with E-state index in [0.717, 1.165) is 12.1 Å². The van der Waals surface area contributed by atoms with Gasteiger partial charge in [-0.2, -0.15) is 0 Å². The molecule has 0 amide bonds. The SMILES string of the molecule is CC(C)(Nc1ccc(OC(F)(F)F)c(Cl)c1)C(=O)O. The van der Waals surface area contributed by atoms with Crippen molar-refractivity contribution in [1.82, 2.24) is 0 Å². The van der Waals surface area contributed by atoms with E-state index in [-0.39, 0.29) is 10.7 Å². The molecular formula is C11H11ClF3NO3. The maximum atomic E-state index is 12.0. The number of halogens is 4. The fourth-order valence-corrected chi connectivity index (χ4v) is 1.42. The monoisotopic (exact) mass is 297 g/mol. The summed E-state index contributed by atoms with van der Waals surface area (Å²) in [5.74, 6) is -1.66. The molecule has 0 unspecified atom stereocenters. The van der Waals surface area contributed by atoms with Crippen molar-refractivity contribution in [3.05, 3.63) is 23.2 Å². The third-order valence-electron chi connectivity index (χ3n) is 2.15. The van der Waals surface area contributed by atoms with Gasteiger partial charge in [0.2, 0.25) is 0 Å². The molecule has 106 valence electrons. The summed E-state index contributed by atoms with van der Waals surface area (Å²) in [5.41, 5.74) is -1.01. The number of rotatable bonds is 4. The van der Waals surface area contributed by atoms with Gasteiger partial charge in [0.15, 0.2) is 0 Å². The zero-order chi connectivity index (χ0) is 14.8. The molecule has 0 fully saturated rings. The van der Waals surface area contributed by atoms with Gasteiger partial charge in [0, 0.05) is 5.69 Å². The molecule has 0 bridgehead atoms. The van der Waals surface area contributed by atoms with E-state index in [1.807, 2.05) is 0 Å². The van der Waals surface area contributed by atoms with E-state index in [0.29, 0.717) is 0 Å². The van der Waals surface area contributed by atoms with Crippen molar-refractivity contribution in [2.24, 2.45) is 0 Å². The van der Waals surface area contributed by atoms with Crippen LogP contribution in [0.3, 0.4) is 0 Å². The summed E-state index contributed by atoms with van der Waals surface area (Å²) in [7, 11) is 0. The minimum absolute atomic E-state index is 0.270. The highest BCUT2D eigenvalue weighted by atomic mass is 35.5. The van der Waals surface area contributed by atoms with Crippen LogP contribution in [0.4, 0.5) is 18.9 Å². The summed E-state index contributed by atoms with van der Waals surface area (Å²) < 4.78 is 39.8. The van der Waals surface area contributed by atoms with Gasteiger partial charge in [0.05, 0.1) is 5.02 Å². The number of alkyl halides is 3. The van der Waals surface area contributed by atoms with Crippen LogP contribution in [-0.4, -0.2) is 23.0 Å². The van der Waals surface area contributed by atoms with Crippen LogP contribution in [-0.2, 0) is 4.79 Å². The molecule has 0 saturated heterocycles. The predicted molar refractivity (Wildman–Crippen MR) is 63.5 cm³/mol. The standard InChI is InChI=1S/C11H11ClF3NO3/c1-10(2,9(17)18)16-6-3-4-8(7(12)5-6)19-11(13,14)15/h3-5,16H,1-2H3,(H,17,18). The van der Waals surface area contributed by atoms with E-state index in [2.05, 4.69) is 10.1 Å². The number of nitrogens with one attached hydrogen (secondary N) is 1. The first-order chi connectivity index (χ1) is 8.51. The van der Waals surface area contributed by atoms with Gasteiger partial charge in [-0.05, 0) is 32.0 Å². The highest BCUT2D eigenvalue weighted by Crippen LogP contribution is 2.32. The first kappa shape index (κ1) is 15.4. The molecule has 0 aromatic heterocycles. The zero-order valence-electron chi connectivity index (χ0n) is 10.0. The molecule has 0 heterocycles.